The summed E-state index contributed by atoms with van der Waals surface area (Å²) in [7, 11) is 0. The summed E-state index contributed by atoms with van der Waals surface area (Å²) in [6.07, 6.45) is 2.66. The lowest BCUT2D eigenvalue weighted by Gasteiger charge is -1.65. The summed E-state index contributed by atoms with van der Waals surface area (Å²) in [5.74, 6) is 1.58. The zero-order chi connectivity index (χ0) is 5.11. The maximum Gasteiger partial charge on any atom is 0.167 e. The minimum Gasteiger partial charge on any atom is -0.242 e. The Labute approximate surface area is 40.1 Å². The van der Waals surface area contributed by atoms with Gasteiger partial charge in [-0.3, -0.25) is 0 Å². The Hall–Kier alpha value is -1.21. The van der Waals surface area contributed by atoms with Crippen molar-refractivity contribution in [3.05, 3.63) is 5.70 Å². The first-order valence-electron chi connectivity index (χ1n) is 1.74. The van der Waals surface area contributed by atoms with Gasteiger partial charge < -0.3 is 0 Å². The summed E-state index contributed by atoms with van der Waals surface area (Å²) in [6.45, 7) is 0. The van der Waals surface area contributed by atoms with E-state index in [0.29, 0.717) is 0 Å². The smallest absolute Gasteiger partial charge is 0.167 e. The van der Waals surface area contributed by atoms with Gasteiger partial charge in [0.25, 0.3) is 0 Å². The third-order valence-corrected chi connectivity index (χ3v) is 0.565. The van der Waals surface area contributed by atoms with Gasteiger partial charge in [0.1, 0.15) is 6.34 Å². The van der Waals surface area contributed by atoms with Crippen molar-refractivity contribution in [2.45, 2.75) is 0 Å². The molecule has 1 aliphatic rings. The molecular formula is C4H2N2O. The summed E-state index contributed by atoms with van der Waals surface area (Å²) >= 11 is 0. The number of hydrogen-bond donors (Lipinski definition) is 0. The molecule has 0 spiro atoms. The lowest BCUT2D eigenvalue weighted by molar-refractivity contribution is 0.568. The van der Waals surface area contributed by atoms with Crippen LogP contribution in [0, 0.1) is 0 Å². The highest BCUT2D eigenvalue weighted by atomic mass is 16.1. The maximum atomic E-state index is 9.64. The van der Waals surface area contributed by atoms with Crippen molar-refractivity contribution in [2.24, 2.45) is 9.98 Å². The van der Waals surface area contributed by atoms with Gasteiger partial charge in [-0.05, 0) is 0 Å². The lowest BCUT2D eigenvalue weighted by Crippen LogP contribution is -1.70. The Kier molecular flexibility index (Phi) is 0.845. The van der Waals surface area contributed by atoms with Gasteiger partial charge >= 0.3 is 0 Å². The fourth-order valence-corrected chi connectivity index (χ4v) is 0.286. The molecule has 3 heteroatoms. The lowest BCUT2D eigenvalue weighted by atomic mass is 10.6. The van der Waals surface area contributed by atoms with Crippen LogP contribution in [-0.4, -0.2) is 18.5 Å². The molecule has 1 heterocycles. The van der Waals surface area contributed by atoms with Gasteiger partial charge in [0.15, 0.2) is 11.6 Å². The molecule has 0 aromatic rings. The number of aliphatic imine (C=N–C) groups is 2. The van der Waals surface area contributed by atoms with Gasteiger partial charge in [-0.2, -0.15) is 0 Å². The fraction of sp³-hybridized carbons (Fsp3) is 0. The van der Waals surface area contributed by atoms with E-state index in [4.69, 9.17) is 0 Å². The van der Waals surface area contributed by atoms with Crippen LogP contribution in [-0.2, 0) is 4.79 Å². The third kappa shape index (κ3) is 0.614. The van der Waals surface area contributed by atoms with E-state index in [1.165, 1.54) is 12.6 Å². The highest BCUT2D eigenvalue weighted by Crippen LogP contribution is 1.89. The Morgan fingerprint density at radius 1 is 1.71 bits per heavy atom. The van der Waals surface area contributed by atoms with Crippen molar-refractivity contribution in [1.29, 1.82) is 0 Å². The average Bonchev–Trinajstić information content (AvgIpc) is 2.14. The van der Waals surface area contributed by atoms with Crippen molar-refractivity contribution in [3.8, 4) is 0 Å². The molecule has 0 fully saturated rings. The first-order valence-corrected chi connectivity index (χ1v) is 1.74. The largest absolute Gasteiger partial charge is 0.242 e. The van der Waals surface area contributed by atoms with Crippen LogP contribution >= 0.6 is 0 Å². The second kappa shape index (κ2) is 1.49. The molecule has 0 radical (unpaired) electrons. The third-order valence-electron chi connectivity index (χ3n) is 0.565. The number of hydrogen-bond acceptors (Lipinski definition) is 3. The number of rotatable bonds is 0. The standard InChI is InChI=1S/C4H2N2O/c7-2-4-1-5-3-6-4/h1,3H. The summed E-state index contributed by atoms with van der Waals surface area (Å²) in [6, 6.07) is 0. The molecule has 0 saturated heterocycles. The minimum absolute atomic E-state index is 0.264. The predicted octanol–water partition coefficient (Wildman–Crippen LogP) is -0.185. The number of carbonyl (C=O) groups excluding carboxylic acids is 1. The molecule has 34 valence electrons. The van der Waals surface area contributed by atoms with E-state index >= 15 is 0 Å². The second-order valence-corrected chi connectivity index (χ2v) is 1.01. The van der Waals surface area contributed by atoms with E-state index in [1.807, 2.05) is 0 Å². The predicted molar refractivity (Wildman–Crippen MR) is 26.2 cm³/mol. The van der Waals surface area contributed by atoms with Crippen LogP contribution in [0.15, 0.2) is 15.7 Å². The Balaban J connectivity index is 3.00. The van der Waals surface area contributed by atoms with Crippen LogP contribution in [0.2, 0.25) is 0 Å². The Morgan fingerprint density at radius 2 is 2.57 bits per heavy atom. The molecule has 0 aliphatic carbocycles. The molecular weight excluding hydrogens is 92.1 g/mol. The van der Waals surface area contributed by atoms with E-state index < -0.39 is 0 Å². The summed E-state index contributed by atoms with van der Waals surface area (Å²) in [4.78, 5) is 16.7. The molecule has 0 bridgehead atoms. The summed E-state index contributed by atoms with van der Waals surface area (Å²) < 4.78 is 0. The monoisotopic (exact) mass is 94.0 g/mol. The van der Waals surface area contributed by atoms with Crippen LogP contribution < -0.4 is 0 Å². The Bertz CT molecular complexity index is 160. The topological polar surface area (TPSA) is 41.8 Å². The van der Waals surface area contributed by atoms with Crippen LogP contribution in [0.5, 0.6) is 0 Å². The molecule has 1 rings (SSSR count). The second-order valence-electron chi connectivity index (χ2n) is 1.01. The molecule has 0 aromatic carbocycles. The molecule has 0 N–H and O–H groups in total. The SMILES string of the molecule is O=C=C1C=NC=N1. The zero-order valence-corrected chi connectivity index (χ0v) is 3.46. The molecule has 0 unspecified atom stereocenters. The molecule has 0 aromatic heterocycles. The number of allylic oxidation sites excluding steroid dienone is 1. The van der Waals surface area contributed by atoms with Gasteiger partial charge in [-0.15, -0.1) is 0 Å². The maximum absolute atomic E-state index is 9.64. The highest BCUT2D eigenvalue weighted by molar-refractivity contribution is 5.98. The first-order chi connectivity index (χ1) is 3.43. The van der Waals surface area contributed by atoms with Crippen LogP contribution in [0.3, 0.4) is 0 Å². The van der Waals surface area contributed by atoms with Crippen LogP contribution in [0.4, 0.5) is 0 Å². The van der Waals surface area contributed by atoms with Gasteiger partial charge in [-0.25, -0.2) is 14.8 Å². The van der Waals surface area contributed by atoms with E-state index in [1.54, 1.807) is 5.94 Å². The van der Waals surface area contributed by atoms with Crippen molar-refractivity contribution in [2.75, 3.05) is 0 Å². The van der Waals surface area contributed by atoms with Crippen LogP contribution in [0.25, 0.3) is 0 Å². The minimum atomic E-state index is 0.264. The highest BCUT2D eigenvalue weighted by Gasteiger charge is 1.90. The van der Waals surface area contributed by atoms with E-state index in [-0.39, 0.29) is 5.70 Å². The van der Waals surface area contributed by atoms with Gasteiger partial charge in [0.05, 0.1) is 6.21 Å². The summed E-state index contributed by atoms with van der Waals surface area (Å²) in [5, 5.41) is 0. The van der Waals surface area contributed by atoms with Crippen LogP contribution in [0.1, 0.15) is 0 Å². The quantitative estimate of drug-likeness (QED) is 0.384. The van der Waals surface area contributed by atoms with Crippen molar-refractivity contribution in [1.82, 2.24) is 0 Å². The molecule has 0 atom stereocenters. The molecule has 1 aliphatic heterocycles. The first kappa shape index (κ1) is 3.96. The van der Waals surface area contributed by atoms with E-state index in [2.05, 4.69) is 9.98 Å². The molecule has 0 saturated carbocycles. The van der Waals surface area contributed by atoms with Gasteiger partial charge in [0, 0.05) is 0 Å². The van der Waals surface area contributed by atoms with E-state index in [0.717, 1.165) is 0 Å². The van der Waals surface area contributed by atoms with Crippen molar-refractivity contribution >= 4 is 18.5 Å². The summed E-state index contributed by atoms with van der Waals surface area (Å²) in [5.41, 5.74) is 0.264. The molecule has 3 nitrogen and oxygen atoms in total. The fourth-order valence-electron chi connectivity index (χ4n) is 0.286. The molecule has 7 heavy (non-hydrogen) atoms. The van der Waals surface area contributed by atoms with Crippen molar-refractivity contribution in [3.63, 3.8) is 0 Å². The average molecular weight is 94.1 g/mol. The zero-order valence-electron chi connectivity index (χ0n) is 3.46. The van der Waals surface area contributed by atoms with Crippen molar-refractivity contribution < 1.29 is 4.79 Å². The molecule has 0 amide bonds. The number of nitrogens with zero attached hydrogens (tertiary/aromatic N) is 2. The van der Waals surface area contributed by atoms with E-state index in [9.17, 15) is 4.79 Å². The van der Waals surface area contributed by atoms with Gasteiger partial charge in [-0.1, -0.05) is 0 Å². The Morgan fingerprint density at radius 3 is 2.86 bits per heavy atom. The normalized spacial score (nSPS) is 15.1. The van der Waals surface area contributed by atoms with Gasteiger partial charge in [0.2, 0.25) is 0 Å².